The molecule has 0 saturated heterocycles. The molecule has 2 rings (SSSR count). The average molecular weight is 205 g/mol. The molecule has 0 aliphatic rings. The van der Waals surface area contributed by atoms with Crippen LogP contribution in [-0.4, -0.2) is 19.7 Å². The number of nitrogens with two attached hydrogens (primary N) is 1. The van der Waals surface area contributed by atoms with Crippen molar-refractivity contribution in [3.05, 3.63) is 33.9 Å². The number of aromatic nitrogens is 4. The first-order valence-corrected chi connectivity index (χ1v) is 4.46. The zero-order chi connectivity index (χ0) is 11.0. The zero-order valence-corrected chi connectivity index (χ0v) is 8.48. The molecule has 0 spiro atoms. The zero-order valence-electron chi connectivity index (χ0n) is 8.48. The highest BCUT2D eigenvalue weighted by Crippen LogP contribution is 2.06. The molecule has 0 unspecified atom stereocenters. The maximum atomic E-state index is 11.0. The van der Waals surface area contributed by atoms with Gasteiger partial charge in [-0.2, -0.15) is 0 Å². The molecule has 0 bridgehead atoms. The van der Waals surface area contributed by atoms with E-state index < -0.39 is 0 Å². The van der Waals surface area contributed by atoms with Crippen molar-refractivity contribution in [3.63, 3.8) is 0 Å². The van der Waals surface area contributed by atoms with E-state index in [1.807, 2.05) is 19.9 Å². The minimum atomic E-state index is -0.268. The molecule has 6 nitrogen and oxygen atoms in total. The van der Waals surface area contributed by atoms with E-state index in [0.29, 0.717) is 11.8 Å². The topological polar surface area (TPSA) is 89.6 Å². The Morgan fingerprint density at radius 3 is 2.33 bits per heavy atom. The number of rotatable bonds is 1. The van der Waals surface area contributed by atoms with Gasteiger partial charge in [-0.15, -0.1) is 0 Å². The van der Waals surface area contributed by atoms with Crippen molar-refractivity contribution in [2.45, 2.75) is 13.8 Å². The van der Waals surface area contributed by atoms with Crippen LogP contribution in [0.4, 0.5) is 5.82 Å². The standard InChI is InChI=1S/C9H11N5O/c1-5-3-6(2)12-9(11-5)14-7(10)4-8(15)13-14/h3-4H,10H2,1-2H3,(H,13,15). The van der Waals surface area contributed by atoms with Crippen LogP contribution in [0.2, 0.25) is 0 Å². The van der Waals surface area contributed by atoms with Crippen molar-refractivity contribution in [2.24, 2.45) is 0 Å². The fraction of sp³-hybridized carbons (Fsp3) is 0.222. The van der Waals surface area contributed by atoms with Crippen LogP contribution in [-0.2, 0) is 0 Å². The number of nitrogens with one attached hydrogen (secondary N) is 1. The Hall–Kier alpha value is -2.11. The van der Waals surface area contributed by atoms with Crippen molar-refractivity contribution in [2.75, 3.05) is 5.73 Å². The maximum absolute atomic E-state index is 11.0. The Labute approximate surface area is 85.8 Å². The summed E-state index contributed by atoms with van der Waals surface area (Å²) >= 11 is 0. The fourth-order valence-electron chi connectivity index (χ4n) is 1.38. The molecular formula is C9H11N5O. The third kappa shape index (κ3) is 1.74. The SMILES string of the molecule is Cc1cc(C)nc(-n2[nH]c(=O)cc2N)n1. The molecule has 0 aromatic carbocycles. The summed E-state index contributed by atoms with van der Waals surface area (Å²) in [6, 6.07) is 3.14. The molecule has 0 fully saturated rings. The summed E-state index contributed by atoms with van der Waals surface area (Å²) in [5.74, 6) is 0.678. The lowest BCUT2D eigenvalue weighted by molar-refractivity contribution is 0.792. The molecule has 0 atom stereocenters. The Morgan fingerprint density at radius 1 is 1.27 bits per heavy atom. The highest BCUT2D eigenvalue weighted by Gasteiger charge is 2.06. The van der Waals surface area contributed by atoms with Gasteiger partial charge in [-0.3, -0.25) is 9.89 Å². The molecule has 15 heavy (non-hydrogen) atoms. The molecule has 0 saturated carbocycles. The van der Waals surface area contributed by atoms with Crippen LogP contribution in [0, 0.1) is 13.8 Å². The predicted molar refractivity (Wildman–Crippen MR) is 55.9 cm³/mol. The van der Waals surface area contributed by atoms with E-state index in [2.05, 4.69) is 15.1 Å². The monoisotopic (exact) mass is 205 g/mol. The maximum Gasteiger partial charge on any atom is 0.266 e. The highest BCUT2D eigenvalue weighted by molar-refractivity contribution is 5.34. The molecule has 0 amide bonds. The predicted octanol–water partition coefficient (Wildman–Crippen LogP) is 0.155. The first-order valence-electron chi connectivity index (χ1n) is 4.46. The number of aromatic amines is 1. The van der Waals surface area contributed by atoms with E-state index in [-0.39, 0.29) is 5.56 Å². The van der Waals surface area contributed by atoms with Crippen molar-refractivity contribution in [3.8, 4) is 5.95 Å². The van der Waals surface area contributed by atoms with Gasteiger partial charge in [0.05, 0.1) is 0 Å². The second-order valence-corrected chi connectivity index (χ2v) is 3.33. The molecule has 78 valence electrons. The summed E-state index contributed by atoms with van der Waals surface area (Å²) in [7, 11) is 0. The van der Waals surface area contributed by atoms with Gasteiger partial charge in [0, 0.05) is 17.5 Å². The van der Waals surface area contributed by atoms with E-state index in [4.69, 9.17) is 5.73 Å². The summed E-state index contributed by atoms with van der Waals surface area (Å²) in [5.41, 5.74) is 7.01. The molecule has 2 heterocycles. The molecular weight excluding hydrogens is 194 g/mol. The Morgan fingerprint density at radius 2 is 1.87 bits per heavy atom. The second kappa shape index (κ2) is 3.23. The number of aryl methyl sites for hydroxylation is 2. The average Bonchev–Trinajstić information content (AvgIpc) is 2.43. The van der Waals surface area contributed by atoms with Crippen LogP contribution in [0.1, 0.15) is 11.4 Å². The number of nitrogen functional groups attached to an aromatic ring is 1. The summed E-state index contributed by atoms with van der Waals surface area (Å²) in [6.07, 6.45) is 0. The van der Waals surface area contributed by atoms with Crippen molar-refractivity contribution in [1.82, 2.24) is 19.7 Å². The minimum Gasteiger partial charge on any atom is -0.383 e. The van der Waals surface area contributed by atoms with E-state index >= 15 is 0 Å². The van der Waals surface area contributed by atoms with E-state index in [0.717, 1.165) is 11.4 Å². The summed E-state index contributed by atoms with van der Waals surface area (Å²) in [5, 5.41) is 2.53. The van der Waals surface area contributed by atoms with E-state index in [9.17, 15) is 4.79 Å². The van der Waals surface area contributed by atoms with E-state index in [1.165, 1.54) is 10.7 Å². The Kier molecular flexibility index (Phi) is 2.03. The Bertz CT molecular complexity index is 534. The van der Waals surface area contributed by atoms with Gasteiger partial charge in [-0.05, 0) is 19.9 Å². The number of nitrogens with zero attached hydrogens (tertiary/aromatic N) is 3. The van der Waals surface area contributed by atoms with Gasteiger partial charge in [0.2, 0.25) is 0 Å². The smallest absolute Gasteiger partial charge is 0.266 e. The van der Waals surface area contributed by atoms with Gasteiger partial charge >= 0.3 is 0 Å². The third-order valence-electron chi connectivity index (χ3n) is 1.93. The first kappa shape index (κ1) is 9.45. The summed E-state index contributed by atoms with van der Waals surface area (Å²) in [4.78, 5) is 19.4. The second-order valence-electron chi connectivity index (χ2n) is 3.33. The van der Waals surface area contributed by atoms with Crippen molar-refractivity contribution in [1.29, 1.82) is 0 Å². The van der Waals surface area contributed by atoms with Gasteiger partial charge in [0.15, 0.2) is 0 Å². The van der Waals surface area contributed by atoms with Crippen LogP contribution in [0.25, 0.3) is 5.95 Å². The lowest BCUT2D eigenvalue weighted by Gasteiger charge is -2.04. The van der Waals surface area contributed by atoms with Crippen LogP contribution in [0.15, 0.2) is 16.9 Å². The molecule has 2 aromatic heterocycles. The number of anilines is 1. The van der Waals surface area contributed by atoms with E-state index in [1.54, 1.807) is 0 Å². The van der Waals surface area contributed by atoms with Crippen LogP contribution in [0.3, 0.4) is 0 Å². The van der Waals surface area contributed by atoms with Crippen molar-refractivity contribution < 1.29 is 0 Å². The normalized spacial score (nSPS) is 10.5. The van der Waals surface area contributed by atoms with Gasteiger partial charge in [-0.25, -0.2) is 14.6 Å². The largest absolute Gasteiger partial charge is 0.383 e. The number of hydrogen-bond donors (Lipinski definition) is 2. The third-order valence-corrected chi connectivity index (χ3v) is 1.93. The molecule has 2 aromatic rings. The molecule has 3 N–H and O–H groups in total. The molecule has 0 aliphatic carbocycles. The summed E-state index contributed by atoms with van der Waals surface area (Å²) in [6.45, 7) is 3.71. The number of H-pyrrole nitrogens is 1. The fourth-order valence-corrected chi connectivity index (χ4v) is 1.38. The highest BCUT2D eigenvalue weighted by atomic mass is 16.1. The lowest BCUT2D eigenvalue weighted by atomic mass is 10.4. The summed E-state index contributed by atoms with van der Waals surface area (Å²) < 4.78 is 1.36. The van der Waals surface area contributed by atoms with Crippen molar-refractivity contribution >= 4 is 5.82 Å². The van der Waals surface area contributed by atoms with Crippen LogP contribution in [0.5, 0.6) is 0 Å². The van der Waals surface area contributed by atoms with Crippen LogP contribution >= 0.6 is 0 Å². The molecule has 6 heteroatoms. The van der Waals surface area contributed by atoms with Gasteiger partial charge in [-0.1, -0.05) is 0 Å². The molecule has 0 radical (unpaired) electrons. The molecule has 0 aliphatic heterocycles. The minimum absolute atomic E-state index is 0.268. The lowest BCUT2D eigenvalue weighted by Crippen LogP contribution is -2.10. The van der Waals surface area contributed by atoms with Gasteiger partial charge in [0.1, 0.15) is 5.82 Å². The number of hydrogen-bond acceptors (Lipinski definition) is 4. The Balaban J connectivity index is 2.63. The quantitative estimate of drug-likeness (QED) is 0.693. The van der Waals surface area contributed by atoms with Gasteiger partial charge in [0.25, 0.3) is 11.5 Å². The van der Waals surface area contributed by atoms with Crippen LogP contribution < -0.4 is 11.3 Å². The van der Waals surface area contributed by atoms with Gasteiger partial charge < -0.3 is 5.73 Å². The first-order chi connectivity index (χ1) is 7.06.